The summed E-state index contributed by atoms with van der Waals surface area (Å²) in [6, 6.07) is 15.6. The zero-order valence-corrected chi connectivity index (χ0v) is 13.5. The maximum Gasteiger partial charge on any atom is 0.276 e. The summed E-state index contributed by atoms with van der Waals surface area (Å²) < 4.78 is 3.09. The molecule has 0 fully saturated rings. The van der Waals surface area contributed by atoms with Crippen LogP contribution in [-0.4, -0.2) is 20.0 Å². The predicted octanol–water partition coefficient (Wildman–Crippen LogP) is 3.07. The minimum absolute atomic E-state index is 0.198. The molecule has 0 atom stereocenters. The number of carbonyl (C=O) groups is 1. The van der Waals surface area contributed by atoms with Crippen molar-refractivity contribution < 1.29 is 4.79 Å². The monoisotopic (exact) mass is 337 g/mol. The number of hydrogen-bond acceptors (Lipinski definition) is 3. The Morgan fingerprint density at radius 3 is 2.38 bits per heavy atom. The van der Waals surface area contributed by atoms with Crippen LogP contribution in [-0.2, 0) is 7.05 Å². The number of hydrogen-bond donors (Lipinski definition) is 0. The number of nitrogens with zero attached hydrogens (tertiary/aromatic N) is 3. The van der Waals surface area contributed by atoms with Crippen LogP contribution < -0.4 is 5.56 Å². The van der Waals surface area contributed by atoms with E-state index in [1.165, 1.54) is 10.6 Å². The highest BCUT2D eigenvalue weighted by Crippen LogP contribution is 2.17. The first-order chi connectivity index (χ1) is 11.6. The zero-order valence-electron chi connectivity index (χ0n) is 12.7. The van der Waals surface area contributed by atoms with Crippen molar-refractivity contribution >= 4 is 33.9 Å². The molecule has 0 aliphatic rings. The van der Waals surface area contributed by atoms with Crippen molar-refractivity contribution in [2.45, 2.75) is 0 Å². The average molecular weight is 338 g/mol. The lowest BCUT2D eigenvalue weighted by atomic mass is 10.1. The van der Waals surface area contributed by atoms with Gasteiger partial charge in [-0.05, 0) is 36.4 Å². The molecule has 0 aliphatic carbocycles. The molecule has 6 heteroatoms. The lowest BCUT2D eigenvalue weighted by Crippen LogP contribution is -2.19. The molecule has 2 aromatic carbocycles. The van der Waals surface area contributed by atoms with E-state index in [2.05, 4.69) is 5.10 Å². The van der Waals surface area contributed by atoms with Crippen molar-refractivity contribution in [1.82, 2.24) is 14.2 Å². The lowest BCUT2D eigenvalue weighted by Gasteiger charge is -2.06. The van der Waals surface area contributed by atoms with Gasteiger partial charge in [0.25, 0.3) is 5.56 Å². The number of para-hydroxylation sites is 2. The van der Waals surface area contributed by atoms with Gasteiger partial charge in [-0.25, -0.2) is 4.52 Å². The Labute approximate surface area is 141 Å². The first-order valence-electron chi connectivity index (χ1n) is 7.34. The van der Waals surface area contributed by atoms with Gasteiger partial charge >= 0.3 is 0 Å². The highest BCUT2D eigenvalue weighted by atomic mass is 35.5. The molecule has 0 saturated heterocycles. The fourth-order valence-electron chi connectivity index (χ4n) is 2.79. The first-order valence-corrected chi connectivity index (χ1v) is 7.72. The number of aromatic nitrogens is 3. The second-order valence-corrected chi connectivity index (χ2v) is 5.95. The Kier molecular flexibility index (Phi) is 3.25. The van der Waals surface area contributed by atoms with Crippen LogP contribution in [0.4, 0.5) is 0 Å². The SMILES string of the molecule is Cn1c(=O)c2cc(C(=O)c3ccc(Cl)cc3)nn2c2ccccc21. The number of carbonyl (C=O) groups excluding carboxylic acids is 1. The molecular weight excluding hydrogens is 326 g/mol. The lowest BCUT2D eigenvalue weighted by molar-refractivity contribution is 0.103. The first kappa shape index (κ1) is 14.7. The fraction of sp³-hybridized carbons (Fsp3) is 0.0556. The average Bonchev–Trinajstić information content (AvgIpc) is 3.05. The van der Waals surface area contributed by atoms with E-state index in [-0.39, 0.29) is 17.0 Å². The zero-order chi connectivity index (χ0) is 16.8. The summed E-state index contributed by atoms with van der Waals surface area (Å²) in [6.45, 7) is 0. The van der Waals surface area contributed by atoms with Gasteiger partial charge in [0, 0.05) is 23.7 Å². The van der Waals surface area contributed by atoms with Gasteiger partial charge in [0.05, 0.1) is 11.0 Å². The summed E-state index contributed by atoms with van der Waals surface area (Å²) in [5, 5.41) is 4.92. The largest absolute Gasteiger partial charge is 0.308 e. The Hall–Kier alpha value is -2.92. The van der Waals surface area contributed by atoms with E-state index in [1.54, 1.807) is 35.9 Å². The van der Waals surface area contributed by atoms with Gasteiger partial charge in [0.2, 0.25) is 5.78 Å². The molecule has 0 N–H and O–H groups in total. The van der Waals surface area contributed by atoms with E-state index in [1.807, 2.05) is 24.3 Å². The topological polar surface area (TPSA) is 56.4 Å². The Morgan fingerprint density at radius 1 is 1.00 bits per heavy atom. The highest BCUT2D eigenvalue weighted by Gasteiger charge is 2.17. The Balaban J connectivity index is 1.97. The van der Waals surface area contributed by atoms with E-state index in [4.69, 9.17) is 11.6 Å². The molecule has 4 aromatic rings. The molecule has 118 valence electrons. The minimum atomic E-state index is -0.249. The summed E-state index contributed by atoms with van der Waals surface area (Å²) in [7, 11) is 1.71. The number of fused-ring (bicyclic) bond motifs is 3. The van der Waals surface area contributed by atoms with Gasteiger partial charge in [-0.3, -0.25) is 9.59 Å². The molecule has 24 heavy (non-hydrogen) atoms. The summed E-state index contributed by atoms with van der Waals surface area (Å²) in [4.78, 5) is 25.2. The van der Waals surface area contributed by atoms with Gasteiger partial charge in [-0.2, -0.15) is 5.10 Å². The van der Waals surface area contributed by atoms with Crippen molar-refractivity contribution in [2.24, 2.45) is 7.05 Å². The normalized spacial score (nSPS) is 11.2. The number of aryl methyl sites for hydroxylation is 1. The third-order valence-corrected chi connectivity index (χ3v) is 4.30. The third kappa shape index (κ3) is 2.13. The predicted molar refractivity (Wildman–Crippen MR) is 92.8 cm³/mol. The second-order valence-electron chi connectivity index (χ2n) is 5.52. The molecule has 4 rings (SSSR count). The molecule has 2 aromatic heterocycles. The van der Waals surface area contributed by atoms with E-state index in [9.17, 15) is 9.59 Å². The number of ketones is 1. The van der Waals surface area contributed by atoms with E-state index >= 15 is 0 Å². The second kappa shape index (κ2) is 5.32. The molecule has 5 nitrogen and oxygen atoms in total. The summed E-state index contributed by atoms with van der Waals surface area (Å²) in [5.74, 6) is -0.249. The molecule has 0 spiro atoms. The number of halogens is 1. The quantitative estimate of drug-likeness (QED) is 0.528. The number of benzene rings is 2. The van der Waals surface area contributed by atoms with Crippen LogP contribution in [0.3, 0.4) is 0 Å². The molecule has 0 unspecified atom stereocenters. The Bertz CT molecular complexity index is 1160. The minimum Gasteiger partial charge on any atom is -0.308 e. The van der Waals surface area contributed by atoms with Crippen LogP contribution in [0, 0.1) is 0 Å². The molecule has 0 saturated carbocycles. The third-order valence-electron chi connectivity index (χ3n) is 4.04. The summed E-state index contributed by atoms with van der Waals surface area (Å²) >= 11 is 5.86. The molecule has 0 aliphatic heterocycles. The Morgan fingerprint density at radius 2 is 1.67 bits per heavy atom. The molecule has 0 radical (unpaired) electrons. The van der Waals surface area contributed by atoms with Crippen LogP contribution in [0.2, 0.25) is 5.02 Å². The van der Waals surface area contributed by atoms with E-state index < -0.39 is 0 Å². The van der Waals surface area contributed by atoms with Crippen molar-refractivity contribution in [1.29, 1.82) is 0 Å². The van der Waals surface area contributed by atoms with Gasteiger partial charge in [-0.15, -0.1) is 0 Å². The van der Waals surface area contributed by atoms with Gasteiger partial charge in [0.15, 0.2) is 0 Å². The molecule has 0 bridgehead atoms. The van der Waals surface area contributed by atoms with Gasteiger partial charge < -0.3 is 4.57 Å². The molecule has 0 amide bonds. The van der Waals surface area contributed by atoms with Crippen molar-refractivity contribution in [3.63, 3.8) is 0 Å². The molecular formula is C18H12ClN3O2. The van der Waals surface area contributed by atoms with Crippen LogP contribution in [0.1, 0.15) is 16.1 Å². The summed E-state index contributed by atoms with van der Waals surface area (Å²) in [6.07, 6.45) is 0. The van der Waals surface area contributed by atoms with E-state index in [0.29, 0.717) is 16.1 Å². The maximum absolute atomic E-state index is 12.6. The van der Waals surface area contributed by atoms with Gasteiger partial charge in [0.1, 0.15) is 11.2 Å². The smallest absolute Gasteiger partial charge is 0.276 e. The standard InChI is InChI=1S/C18H12ClN3O2/c1-21-14-4-2-3-5-15(14)22-16(18(21)24)10-13(20-22)17(23)11-6-8-12(19)9-7-11/h2-10H,1H3. The van der Waals surface area contributed by atoms with Crippen molar-refractivity contribution in [3.8, 4) is 0 Å². The highest BCUT2D eigenvalue weighted by molar-refractivity contribution is 6.30. The van der Waals surface area contributed by atoms with Crippen molar-refractivity contribution in [3.05, 3.63) is 81.2 Å². The van der Waals surface area contributed by atoms with Crippen LogP contribution in [0.5, 0.6) is 0 Å². The van der Waals surface area contributed by atoms with Crippen LogP contribution >= 0.6 is 11.6 Å². The summed E-state index contributed by atoms with van der Waals surface area (Å²) in [5.41, 5.74) is 2.40. The maximum atomic E-state index is 12.6. The van der Waals surface area contributed by atoms with Crippen LogP contribution in [0.15, 0.2) is 59.4 Å². The van der Waals surface area contributed by atoms with E-state index in [0.717, 1.165) is 11.0 Å². The fourth-order valence-corrected chi connectivity index (χ4v) is 2.91. The van der Waals surface area contributed by atoms with Gasteiger partial charge in [-0.1, -0.05) is 23.7 Å². The number of rotatable bonds is 2. The van der Waals surface area contributed by atoms with Crippen LogP contribution in [0.25, 0.3) is 16.6 Å². The molecule has 2 heterocycles. The van der Waals surface area contributed by atoms with Crippen molar-refractivity contribution in [2.75, 3.05) is 0 Å².